The number of nitrogens with zero attached hydrogens (tertiary/aromatic N) is 3. The van der Waals surface area contributed by atoms with E-state index in [2.05, 4.69) is 14.8 Å². The van der Waals surface area contributed by atoms with Gasteiger partial charge in [0.1, 0.15) is 11.0 Å². The highest BCUT2D eigenvalue weighted by atomic mass is 32.1. The average Bonchev–Trinajstić information content (AvgIpc) is 2.88. The van der Waals surface area contributed by atoms with Crippen molar-refractivity contribution in [1.82, 2.24) is 8.75 Å². The Morgan fingerprint density at radius 3 is 2.12 bits per heavy atom. The van der Waals surface area contributed by atoms with Gasteiger partial charge in [0, 0.05) is 0 Å². The summed E-state index contributed by atoms with van der Waals surface area (Å²) < 4.78 is 8.34. The number of nitriles is 1. The second-order valence-electron chi connectivity index (χ2n) is 2.94. The fraction of sp³-hybridized carbons (Fsp3) is 0.462. The topological polar surface area (TPSA) is 49.6 Å². The number of hydrogen-bond acceptors (Lipinski definition) is 4. The molecule has 0 spiro atoms. The zero-order valence-electron chi connectivity index (χ0n) is 11.3. The zero-order valence-corrected chi connectivity index (χ0v) is 12.1. The summed E-state index contributed by atoms with van der Waals surface area (Å²) in [5, 5.41) is 8.85. The van der Waals surface area contributed by atoms with E-state index in [0.29, 0.717) is 5.56 Å². The molecule has 0 N–H and O–H groups in total. The summed E-state index contributed by atoms with van der Waals surface area (Å²) in [7, 11) is 0. The van der Waals surface area contributed by atoms with Crippen molar-refractivity contribution in [3.05, 3.63) is 22.8 Å². The summed E-state index contributed by atoms with van der Waals surface area (Å²) in [4.78, 5) is 0. The van der Waals surface area contributed by atoms with Crippen LogP contribution in [0.3, 0.4) is 0 Å². The van der Waals surface area contributed by atoms with Crippen molar-refractivity contribution in [2.45, 2.75) is 41.5 Å². The molecule has 2 aromatic rings. The molecule has 0 atom stereocenters. The van der Waals surface area contributed by atoms with Crippen LogP contribution in [-0.2, 0) is 0 Å². The van der Waals surface area contributed by atoms with Gasteiger partial charge in [-0.15, -0.1) is 0 Å². The molecule has 1 aromatic carbocycles. The molecular weight excluding hydrogens is 230 g/mol. The second kappa shape index (κ2) is 7.75. The minimum atomic E-state index is 0.692. The maximum absolute atomic E-state index is 8.85. The van der Waals surface area contributed by atoms with E-state index in [-0.39, 0.29) is 0 Å². The summed E-state index contributed by atoms with van der Waals surface area (Å²) in [5.74, 6) is 0. The van der Waals surface area contributed by atoms with Crippen molar-refractivity contribution in [2.24, 2.45) is 0 Å². The molecule has 0 bridgehead atoms. The number of rotatable bonds is 0. The largest absolute Gasteiger partial charge is 0.192 e. The molecule has 0 aliphatic rings. The molecule has 92 valence electrons. The van der Waals surface area contributed by atoms with Gasteiger partial charge in [-0.3, -0.25) is 0 Å². The van der Waals surface area contributed by atoms with Crippen LogP contribution < -0.4 is 0 Å². The van der Waals surface area contributed by atoms with Crippen LogP contribution in [0.1, 0.15) is 44.4 Å². The van der Waals surface area contributed by atoms with Gasteiger partial charge in [-0.05, 0) is 31.0 Å². The lowest BCUT2D eigenvalue weighted by molar-refractivity contribution is 1.37. The third-order valence-corrected chi connectivity index (χ3v) is 2.63. The maximum Gasteiger partial charge on any atom is 0.109 e. The Labute approximate surface area is 107 Å². The lowest BCUT2D eigenvalue weighted by Crippen LogP contribution is -1.87. The highest BCUT2D eigenvalue weighted by Crippen LogP contribution is 2.22. The van der Waals surface area contributed by atoms with E-state index in [0.717, 1.165) is 22.2 Å². The minimum absolute atomic E-state index is 0.692. The van der Waals surface area contributed by atoms with E-state index in [1.165, 1.54) is 11.7 Å². The first-order valence-electron chi connectivity index (χ1n) is 5.86. The van der Waals surface area contributed by atoms with E-state index in [9.17, 15) is 0 Å². The normalized spacial score (nSPS) is 8.53. The highest BCUT2D eigenvalue weighted by molar-refractivity contribution is 7.00. The first kappa shape index (κ1) is 15.5. The van der Waals surface area contributed by atoms with Crippen molar-refractivity contribution in [1.29, 1.82) is 5.26 Å². The Morgan fingerprint density at radius 1 is 1.06 bits per heavy atom. The van der Waals surface area contributed by atoms with Crippen LogP contribution in [0, 0.1) is 25.2 Å². The Bertz CT molecular complexity index is 509. The van der Waals surface area contributed by atoms with Gasteiger partial charge in [0.25, 0.3) is 0 Å². The molecule has 0 saturated carbocycles. The molecule has 0 aliphatic heterocycles. The third-order valence-electron chi connectivity index (χ3n) is 2.10. The quantitative estimate of drug-likeness (QED) is 0.702. The molecule has 0 unspecified atom stereocenters. The van der Waals surface area contributed by atoms with Crippen LogP contribution >= 0.6 is 11.7 Å². The van der Waals surface area contributed by atoms with Gasteiger partial charge in [0.15, 0.2) is 0 Å². The van der Waals surface area contributed by atoms with E-state index in [4.69, 9.17) is 5.26 Å². The lowest BCUT2D eigenvalue weighted by atomic mass is 10.0. The van der Waals surface area contributed by atoms with Gasteiger partial charge in [0.2, 0.25) is 0 Å². The van der Waals surface area contributed by atoms with Gasteiger partial charge in [-0.1, -0.05) is 27.7 Å². The summed E-state index contributed by atoms with van der Waals surface area (Å²) in [6.45, 7) is 11.9. The van der Waals surface area contributed by atoms with Gasteiger partial charge in [-0.25, -0.2) is 0 Å². The van der Waals surface area contributed by atoms with Crippen LogP contribution in [0.4, 0.5) is 0 Å². The van der Waals surface area contributed by atoms with Gasteiger partial charge in [-0.2, -0.15) is 14.0 Å². The molecule has 4 heteroatoms. The Balaban J connectivity index is 0.000000581. The molecule has 0 saturated heterocycles. The summed E-state index contributed by atoms with van der Waals surface area (Å²) in [6, 6.07) is 4.02. The number of aromatic nitrogens is 2. The van der Waals surface area contributed by atoms with Crippen LogP contribution in [-0.4, -0.2) is 8.75 Å². The van der Waals surface area contributed by atoms with Gasteiger partial charge in [0.05, 0.1) is 23.4 Å². The smallest absolute Gasteiger partial charge is 0.109 e. The maximum atomic E-state index is 8.85. The molecule has 0 fully saturated rings. The first-order valence-corrected chi connectivity index (χ1v) is 6.59. The van der Waals surface area contributed by atoms with Crippen molar-refractivity contribution in [3.8, 4) is 6.07 Å². The van der Waals surface area contributed by atoms with E-state index in [1.54, 1.807) is 0 Å². The molecule has 17 heavy (non-hydrogen) atoms. The van der Waals surface area contributed by atoms with E-state index < -0.39 is 0 Å². The van der Waals surface area contributed by atoms with Crippen LogP contribution in [0.15, 0.2) is 6.07 Å². The second-order valence-corrected chi connectivity index (χ2v) is 3.47. The SMILES string of the molecule is CC.CC.Cc1cc(C#N)c(C)c2nsnc12. The van der Waals surface area contributed by atoms with Crippen molar-refractivity contribution in [2.75, 3.05) is 0 Å². The number of hydrogen-bond donors (Lipinski definition) is 0. The van der Waals surface area contributed by atoms with Crippen LogP contribution in [0.2, 0.25) is 0 Å². The Kier molecular flexibility index (Phi) is 7.08. The predicted molar refractivity (Wildman–Crippen MR) is 74.3 cm³/mol. The summed E-state index contributed by atoms with van der Waals surface area (Å²) in [5.41, 5.74) is 4.42. The van der Waals surface area contributed by atoms with Crippen molar-refractivity contribution < 1.29 is 0 Å². The average molecular weight is 249 g/mol. The monoisotopic (exact) mass is 249 g/mol. The molecule has 0 aliphatic carbocycles. The molecule has 0 radical (unpaired) electrons. The minimum Gasteiger partial charge on any atom is -0.192 e. The third kappa shape index (κ3) is 3.24. The standard InChI is InChI=1S/C9H7N3S.2C2H6/c1-5-3-7(4-10)6(2)9-8(5)11-13-12-9;2*1-2/h3H,1-2H3;2*1-2H3. The molecule has 1 heterocycles. The lowest BCUT2D eigenvalue weighted by Gasteiger charge is -1.99. The van der Waals surface area contributed by atoms with Gasteiger partial charge < -0.3 is 0 Å². The molecule has 0 amide bonds. The molecule has 3 nitrogen and oxygen atoms in total. The predicted octanol–water partition coefficient (Wildman–Crippen LogP) is 4.23. The first-order chi connectivity index (χ1) is 8.24. The molecule has 2 rings (SSSR count). The van der Waals surface area contributed by atoms with Crippen molar-refractivity contribution >= 4 is 22.8 Å². The van der Waals surface area contributed by atoms with E-state index >= 15 is 0 Å². The molecular formula is C13H19N3S. The Morgan fingerprint density at radius 2 is 1.59 bits per heavy atom. The highest BCUT2D eigenvalue weighted by Gasteiger charge is 2.09. The fourth-order valence-electron chi connectivity index (χ4n) is 1.33. The Hall–Kier alpha value is -1.47. The van der Waals surface area contributed by atoms with Crippen LogP contribution in [0.25, 0.3) is 11.0 Å². The number of aryl methyl sites for hydroxylation is 2. The fourth-order valence-corrected chi connectivity index (χ4v) is 1.99. The zero-order chi connectivity index (χ0) is 13.4. The summed E-state index contributed by atoms with van der Waals surface area (Å²) >= 11 is 1.19. The number of fused-ring (bicyclic) bond motifs is 1. The number of benzene rings is 1. The van der Waals surface area contributed by atoms with Crippen molar-refractivity contribution in [3.63, 3.8) is 0 Å². The van der Waals surface area contributed by atoms with Crippen LogP contribution in [0.5, 0.6) is 0 Å². The summed E-state index contributed by atoms with van der Waals surface area (Å²) in [6.07, 6.45) is 0. The van der Waals surface area contributed by atoms with Gasteiger partial charge >= 0.3 is 0 Å². The molecule has 1 aromatic heterocycles. The van der Waals surface area contributed by atoms with E-state index in [1.807, 2.05) is 47.6 Å².